The molecule has 4 rings (SSSR count). The van der Waals surface area contributed by atoms with E-state index in [1.807, 2.05) is 0 Å². The summed E-state index contributed by atoms with van der Waals surface area (Å²) in [4.78, 5) is 0. The van der Waals surface area contributed by atoms with Gasteiger partial charge in [0.15, 0.2) is 0 Å². The van der Waals surface area contributed by atoms with E-state index >= 15 is 0 Å². The van der Waals surface area contributed by atoms with E-state index in [-0.39, 0.29) is 5.41 Å². The van der Waals surface area contributed by atoms with Gasteiger partial charge in [-0.3, -0.25) is 0 Å². The van der Waals surface area contributed by atoms with E-state index in [0.29, 0.717) is 5.92 Å². The minimum Gasteiger partial charge on any atom is -0.411 e. The lowest BCUT2D eigenvalue weighted by molar-refractivity contribution is 0.0527. The molecular formula is C11H17NO. The van der Waals surface area contributed by atoms with E-state index < -0.39 is 0 Å². The van der Waals surface area contributed by atoms with Gasteiger partial charge in [-0.25, -0.2) is 0 Å². The topological polar surface area (TPSA) is 32.6 Å². The molecule has 4 aliphatic rings. The largest absolute Gasteiger partial charge is 0.411 e. The van der Waals surface area contributed by atoms with Crippen molar-refractivity contribution in [2.24, 2.45) is 28.3 Å². The Labute approximate surface area is 79.0 Å². The van der Waals surface area contributed by atoms with Crippen molar-refractivity contribution in [3.8, 4) is 0 Å². The number of rotatable bonds is 0. The fourth-order valence-electron chi connectivity index (χ4n) is 4.38. The third-order valence-corrected chi connectivity index (χ3v) is 4.49. The highest BCUT2D eigenvalue weighted by atomic mass is 16.4. The van der Waals surface area contributed by atoms with Crippen molar-refractivity contribution in [2.45, 2.75) is 39.0 Å². The highest BCUT2D eigenvalue weighted by molar-refractivity contribution is 5.93. The van der Waals surface area contributed by atoms with Crippen molar-refractivity contribution in [2.75, 3.05) is 0 Å². The van der Waals surface area contributed by atoms with Gasteiger partial charge in [-0.15, -0.1) is 0 Å². The predicted molar refractivity (Wildman–Crippen MR) is 50.9 cm³/mol. The van der Waals surface area contributed by atoms with Crippen LogP contribution in [0.2, 0.25) is 0 Å². The van der Waals surface area contributed by atoms with Crippen molar-refractivity contribution in [3.63, 3.8) is 0 Å². The van der Waals surface area contributed by atoms with Crippen molar-refractivity contribution in [3.05, 3.63) is 0 Å². The Bertz CT molecular complexity index is 257. The molecule has 0 spiro atoms. The third-order valence-electron chi connectivity index (χ3n) is 4.49. The molecule has 4 aliphatic carbocycles. The number of hydrogen-bond donors (Lipinski definition) is 1. The molecule has 13 heavy (non-hydrogen) atoms. The maximum Gasteiger partial charge on any atom is 0.0660 e. The van der Waals surface area contributed by atoms with Crippen LogP contribution in [0.25, 0.3) is 0 Å². The van der Waals surface area contributed by atoms with Gasteiger partial charge in [-0.1, -0.05) is 12.1 Å². The van der Waals surface area contributed by atoms with Crippen LogP contribution >= 0.6 is 0 Å². The van der Waals surface area contributed by atoms with Crippen LogP contribution in [0.4, 0.5) is 0 Å². The smallest absolute Gasteiger partial charge is 0.0660 e. The molecule has 2 atom stereocenters. The van der Waals surface area contributed by atoms with Crippen LogP contribution in [-0.2, 0) is 0 Å². The molecule has 72 valence electrons. The summed E-state index contributed by atoms with van der Waals surface area (Å²) >= 11 is 0. The molecule has 0 aromatic carbocycles. The number of nitrogens with zero attached hydrogens (tertiary/aromatic N) is 1. The Balaban J connectivity index is 2.03. The van der Waals surface area contributed by atoms with Crippen LogP contribution in [0.3, 0.4) is 0 Å². The second-order valence-corrected chi connectivity index (χ2v) is 5.59. The summed E-state index contributed by atoms with van der Waals surface area (Å²) in [5.74, 6) is 2.50. The van der Waals surface area contributed by atoms with Crippen LogP contribution < -0.4 is 0 Å². The first-order chi connectivity index (χ1) is 6.21. The quantitative estimate of drug-likeness (QED) is 0.450. The monoisotopic (exact) mass is 179 g/mol. The fraction of sp³-hybridized carbons (Fsp3) is 0.909. The summed E-state index contributed by atoms with van der Waals surface area (Å²) in [7, 11) is 0. The maximum absolute atomic E-state index is 9.05. The maximum atomic E-state index is 9.05. The van der Waals surface area contributed by atoms with E-state index in [2.05, 4.69) is 12.1 Å². The summed E-state index contributed by atoms with van der Waals surface area (Å²) in [5.41, 5.74) is 1.39. The van der Waals surface area contributed by atoms with E-state index in [1.54, 1.807) is 0 Å². The van der Waals surface area contributed by atoms with Gasteiger partial charge >= 0.3 is 0 Å². The van der Waals surface area contributed by atoms with Crippen LogP contribution in [0.15, 0.2) is 5.16 Å². The van der Waals surface area contributed by atoms with Crippen molar-refractivity contribution in [1.29, 1.82) is 0 Å². The lowest BCUT2D eigenvalue weighted by Crippen LogP contribution is -2.51. The Morgan fingerprint density at radius 3 is 2.31 bits per heavy atom. The summed E-state index contributed by atoms with van der Waals surface area (Å²) in [6.07, 6.45) is 6.60. The summed E-state index contributed by atoms with van der Waals surface area (Å²) in [5, 5.41) is 12.6. The first kappa shape index (κ1) is 7.84. The zero-order valence-electron chi connectivity index (χ0n) is 8.16. The highest BCUT2D eigenvalue weighted by Gasteiger charge is 2.53. The van der Waals surface area contributed by atoms with Crippen LogP contribution in [0, 0.1) is 23.2 Å². The van der Waals surface area contributed by atoms with Crippen LogP contribution in [0.5, 0.6) is 0 Å². The standard InChI is InChI=1S/C11H17NO/c1-11-5-7-2-8(6-11)4-9(3-7)10(11)12-13/h7-9,13H,2-6H2,1H3/b12-10+. The van der Waals surface area contributed by atoms with Crippen molar-refractivity contribution >= 4 is 5.71 Å². The van der Waals surface area contributed by atoms with Crippen molar-refractivity contribution in [1.82, 2.24) is 0 Å². The van der Waals surface area contributed by atoms with Gasteiger partial charge in [-0.05, 0) is 43.9 Å². The molecule has 2 unspecified atom stereocenters. The molecular weight excluding hydrogens is 162 g/mol. The first-order valence-corrected chi connectivity index (χ1v) is 5.44. The van der Waals surface area contributed by atoms with Gasteiger partial charge in [0.25, 0.3) is 0 Å². The lowest BCUT2D eigenvalue weighted by Gasteiger charge is -2.55. The normalized spacial score (nSPS) is 56.1. The molecule has 2 heteroatoms. The van der Waals surface area contributed by atoms with Gasteiger partial charge in [0.05, 0.1) is 5.71 Å². The van der Waals surface area contributed by atoms with Gasteiger partial charge in [-0.2, -0.15) is 0 Å². The lowest BCUT2D eigenvalue weighted by atomic mass is 9.49. The first-order valence-electron chi connectivity index (χ1n) is 5.44. The van der Waals surface area contributed by atoms with Gasteiger partial charge in [0.2, 0.25) is 0 Å². The molecule has 0 amide bonds. The zero-order chi connectivity index (χ0) is 9.05. The third kappa shape index (κ3) is 0.918. The molecule has 0 radical (unpaired) electrons. The van der Waals surface area contributed by atoms with E-state index in [9.17, 15) is 0 Å². The van der Waals surface area contributed by atoms with Crippen LogP contribution in [0.1, 0.15) is 39.0 Å². The summed E-state index contributed by atoms with van der Waals surface area (Å²) in [6, 6.07) is 0. The van der Waals surface area contributed by atoms with E-state index in [1.165, 1.54) is 32.1 Å². The average Bonchev–Trinajstić information content (AvgIpc) is 2.00. The molecule has 0 aromatic heterocycles. The average molecular weight is 179 g/mol. The number of oxime groups is 1. The Hall–Kier alpha value is -0.530. The molecule has 0 aromatic rings. The Kier molecular flexibility index (Phi) is 1.38. The molecule has 4 saturated carbocycles. The highest BCUT2D eigenvalue weighted by Crippen LogP contribution is 2.58. The van der Waals surface area contributed by atoms with E-state index in [4.69, 9.17) is 5.21 Å². The molecule has 1 N–H and O–H groups in total. The molecule has 4 bridgehead atoms. The second-order valence-electron chi connectivity index (χ2n) is 5.59. The fourth-order valence-corrected chi connectivity index (χ4v) is 4.38. The van der Waals surface area contributed by atoms with Gasteiger partial charge in [0, 0.05) is 11.3 Å². The second kappa shape index (κ2) is 2.28. The molecule has 4 fully saturated rings. The zero-order valence-corrected chi connectivity index (χ0v) is 8.16. The summed E-state index contributed by atoms with van der Waals surface area (Å²) < 4.78 is 0. The minimum absolute atomic E-state index is 0.267. The van der Waals surface area contributed by atoms with E-state index in [0.717, 1.165) is 17.5 Å². The molecule has 0 saturated heterocycles. The van der Waals surface area contributed by atoms with Crippen molar-refractivity contribution < 1.29 is 5.21 Å². The Morgan fingerprint density at radius 1 is 1.23 bits per heavy atom. The van der Waals surface area contributed by atoms with Gasteiger partial charge < -0.3 is 5.21 Å². The number of hydrogen-bond acceptors (Lipinski definition) is 2. The molecule has 0 aliphatic heterocycles. The van der Waals surface area contributed by atoms with Gasteiger partial charge in [0.1, 0.15) is 0 Å². The summed E-state index contributed by atoms with van der Waals surface area (Å²) in [6.45, 7) is 2.30. The SMILES string of the molecule is CC12CC3CC(CC(C3)/C1=N\O)C2. The predicted octanol–water partition coefficient (Wildman–Crippen LogP) is 2.66. The van der Waals surface area contributed by atoms with Crippen LogP contribution in [-0.4, -0.2) is 10.9 Å². The molecule has 0 heterocycles. The molecule has 2 nitrogen and oxygen atoms in total. The Morgan fingerprint density at radius 2 is 1.85 bits per heavy atom. The minimum atomic E-state index is 0.267.